The van der Waals surface area contributed by atoms with Gasteiger partial charge in [-0.1, -0.05) is 15.9 Å². The average Bonchev–Trinajstić information content (AvgIpc) is 2.58. The van der Waals surface area contributed by atoms with Crippen LogP contribution in [0.2, 0.25) is 0 Å². The van der Waals surface area contributed by atoms with Crippen LogP contribution in [0.4, 0.5) is 0 Å². The number of benzene rings is 1. The van der Waals surface area contributed by atoms with Crippen LogP contribution in [0.3, 0.4) is 0 Å². The van der Waals surface area contributed by atoms with E-state index in [0.29, 0.717) is 10.4 Å². The first-order chi connectivity index (χ1) is 7.99. The van der Waals surface area contributed by atoms with Crippen LogP contribution in [-0.4, -0.2) is 5.78 Å². The van der Waals surface area contributed by atoms with E-state index < -0.39 is 0 Å². The largest absolute Gasteiger partial charge is 0.288 e. The van der Waals surface area contributed by atoms with E-state index in [0.717, 1.165) is 17.2 Å². The van der Waals surface area contributed by atoms with Crippen LogP contribution in [0.1, 0.15) is 15.2 Å². The topological polar surface area (TPSA) is 17.1 Å². The van der Waals surface area contributed by atoms with Gasteiger partial charge >= 0.3 is 0 Å². The molecular weight excluding hydrogens is 500 g/mol. The second-order valence-electron chi connectivity index (χ2n) is 3.19. The monoisotopic (exact) mass is 500 g/mol. The molecule has 0 amide bonds. The van der Waals surface area contributed by atoms with E-state index in [9.17, 15) is 4.79 Å². The first kappa shape index (κ1) is 13.9. The summed E-state index contributed by atoms with van der Waals surface area (Å²) in [6.45, 7) is 0. The van der Waals surface area contributed by atoms with Crippen molar-refractivity contribution in [2.45, 2.75) is 0 Å². The molecule has 1 aromatic carbocycles. The van der Waals surface area contributed by atoms with Crippen molar-refractivity contribution in [3.8, 4) is 0 Å². The second kappa shape index (κ2) is 5.65. The smallest absolute Gasteiger partial charge is 0.204 e. The minimum Gasteiger partial charge on any atom is -0.288 e. The molecule has 0 bridgehead atoms. The molecule has 0 aliphatic carbocycles. The first-order valence-corrected chi connectivity index (χ1v) is 8.42. The van der Waals surface area contributed by atoms with Gasteiger partial charge in [0.25, 0.3) is 0 Å². The summed E-state index contributed by atoms with van der Waals surface area (Å²) in [7, 11) is 0. The van der Waals surface area contributed by atoms with Gasteiger partial charge in [-0.25, -0.2) is 0 Å². The van der Waals surface area contributed by atoms with E-state index in [2.05, 4.69) is 63.7 Å². The van der Waals surface area contributed by atoms with Crippen LogP contribution in [0, 0.1) is 0 Å². The van der Waals surface area contributed by atoms with Gasteiger partial charge in [-0.3, -0.25) is 4.79 Å². The highest BCUT2D eigenvalue weighted by molar-refractivity contribution is 9.13. The molecule has 0 saturated carbocycles. The summed E-state index contributed by atoms with van der Waals surface area (Å²) in [5.74, 6) is 0.0146. The Hall–Kier alpha value is 0.510. The average molecular weight is 504 g/mol. The third-order valence-electron chi connectivity index (χ3n) is 2.04. The highest BCUT2D eigenvalue weighted by Crippen LogP contribution is 2.34. The van der Waals surface area contributed by atoms with Gasteiger partial charge in [-0.2, -0.15) is 0 Å². The molecule has 88 valence electrons. The fourth-order valence-corrected chi connectivity index (χ4v) is 4.48. The third-order valence-corrected chi connectivity index (χ3v) is 6.45. The van der Waals surface area contributed by atoms with Crippen molar-refractivity contribution in [2.75, 3.05) is 0 Å². The first-order valence-electron chi connectivity index (χ1n) is 4.43. The quantitative estimate of drug-likeness (QED) is 0.457. The molecule has 0 aliphatic rings. The molecule has 1 nitrogen and oxygen atoms in total. The van der Waals surface area contributed by atoms with Crippen molar-refractivity contribution in [3.05, 3.63) is 51.9 Å². The van der Waals surface area contributed by atoms with Crippen LogP contribution >= 0.6 is 75.1 Å². The van der Waals surface area contributed by atoms with Crippen molar-refractivity contribution in [1.82, 2.24) is 0 Å². The molecule has 0 spiro atoms. The lowest BCUT2D eigenvalue weighted by Crippen LogP contribution is -1.99. The maximum absolute atomic E-state index is 12.3. The molecule has 0 fully saturated rings. The number of carbonyl (C=O) groups excluding carboxylic acids is 1. The van der Waals surface area contributed by atoms with E-state index in [1.165, 1.54) is 11.3 Å². The maximum atomic E-state index is 12.3. The Morgan fingerprint density at radius 2 is 1.71 bits per heavy atom. The lowest BCUT2D eigenvalue weighted by Gasteiger charge is -2.02. The van der Waals surface area contributed by atoms with Gasteiger partial charge in [0.2, 0.25) is 5.78 Å². The molecule has 2 aromatic rings. The molecule has 1 aromatic heterocycles. The van der Waals surface area contributed by atoms with Crippen molar-refractivity contribution in [2.24, 2.45) is 0 Å². The summed E-state index contributed by atoms with van der Waals surface area (Å²) in [6.07, 6.45) is 0. The van der Waals surface area contributed by atoms with Gasteiger partial charge in [0.1, 0.15) is 0 Å². The Balaban J connectivity index is 2.43. The van der Waals surface area contributed by atoms with Crippen molar-refractivity contribution < 1.29 is 4.79 Å². The van der Waals surface area contributed by atoms with Crippen molar-refractivity contribution in [3.63, 3.8) is 0 Å². The number of thiophene rings is 1. The van der Waals surface area contributed by atoms with E-state index in [4.69, 9.17) is 0 Å². The fourth-order valence-electron chi connectivity index (χ4n) is 1.26. The number of carbonyl (C=O) groups is 1. The van der Waals surface area contributed by atoms with Crippen molar-refractivity contribution in [1.29, 1.82) is 0 Å². The number of ketones is 1. The van der Waals surface area contributed by atoms with Gasteiger partial charge in [0, 0.05) is 19.0 Å². The number of rotatable bonds is 2. The summed E-state index contributed by atoms with van der Waals surface area (Å²) >= 11 is 14.9. The van der Waals surface area contributed by atoms with E-state index in [1.54, 1.807) is 6.07 Å². The predicted molar refractivity (Wildman–Crippen MR) is 85.0 cm³/mol. The Kier molecular flexibility index (Phi) is 4.63. The van der Waals surface area contributed by atoms with Gasteiger partial charge in [-0.15, -0.1) is 11.3 Å². The lowest BCUT2D eigenvalue weighted by atomic mass is 10.1. The third kappa shape index (κ3) is 3.10. The van der Waals surface area contributed by atoms with E-state index in [1.807, 2.05) is 18.2 Å². The number of hydrogen-bond acceptors (Lipinski definition) is 2. The number of halogens is 4. The molecule has 17 heavy (non-hydrogen) atoms. The van der Waals surface area contributed by atoms with Crippen LogP contribution < -0.4 is 0 Å². The molecule has 2 rings (SSSR count). The molecule has 0 radical (unpaired) electrons. The van der Waals surface area contributed by atoms with Gasteiger partial charge in [0.15, 0.2) is 0 Å². The Bertz CT molecular complexity index is 572. The summed E-state index contributed by atoms with van der Waals surface area (Å²) in [5.41, 5.74) is 0.662. The molecular formula is C11H4Br4OS. The summed E-state index contributed by atoms with van der Waals surface area (Å²) in [4.78, 5) is 13.0. The number of hydrogen-bond donors (Lipinski definition) is 0. The highest BCUT2D eigenvalue weighted by Gasteiger charge is 2.16. The maximum Gasteiger partial charge on any atom is 0.204 e. The van der Waals surface area contributed by atoms with Gasteiger partial charge in [-0.05, 0) is 72.1 Å². The van der Waals surface area contributed by atoms with E-state index >= 15 is 0 Å². The standard InChI is InChI=1S/C11H4Br4OS/c12-5-1-2-6(7(13)3-5)10(16)9-4-8(14)11(15)17-9/h1-4H. The van der Waals surface area contributed by atoms with Crippen LogP contribution in [0.5, 0.6) is 0 Å². The second-order valence-corrected chi connectivity index (χ2v) is 8.18. The normalized spacial score (nSPS) is 10.6. The molecule has 6 heteroatoms. The summed E-state index contributed by atoms with van der Waals surface area (Å²) < 4.78 is 3.56. The van der Waals surface area contributed by atoms with Crippen molar-refractivity contribution >= 4 is 80.8 Å². The Labute approximate surface area is 136 Å². The molecule has 0 unspecified atom stereocenters. The molecule has 0 N–H and O–H groups in total. The van der Waals surface area contributed by atoms with Crippen LogP contribution in [0.15, 0.2) is 41.5 Å². The summed E-state index contributed by atoms with van der Waals surface area (Å²) in [6, 6.07) is 7.35. The minimum atomic E-state index is 0.0146. The molecule has 0 aliphatic heterocycles. The van der Waals surface area contributed by atoms with Crippen LogP contribution in [0.25, 0.3) is 0 Å². The molecule has 0 saturated heterocycles. The lowest BCUT2D eigenvalue weighted by molar-refractivity contribution is 0.104. The zero-order valence-electron chi connectivity index (χ0n) is 8.14. The van der Waals surface area contributed by atoms with Crippen LogP contribution in [-0.2, 0) is 0 Å². The molecule has 1 heterocycles. The predicted octanol–water partition coefficient (Wildman–Crippen LogP) is 6.03. The molecule has 0 atom stereocenters. The fraction of sp³-hybridized carbons (Fsp3) is 0. The van der Waals surface area contributed by atoms with Gasteiger partial charge < -0.3 is 0 Å². The van der Waals surface area contributed by atoms with Gasteiger partial charge in [0.05, 0.1) is 8.66 Å². The Morgan fingerprint density at radius 1 is 1.00 bits per heavy atom. The zero-order valence-corrected chi connectivity index (χ0v) is 15.3. The zero-order chi connectivity index (χ0) is 12.6. The highest BCUT2D eigenvalue weighted by atomic mass is 79.9. The summed E-state index contributed by atoms with van der Waals surface area (Å²) in [5, 5.41) is 0. The van der Waals surface area contributed by atoms with E-state index in [-0.39, 0.29) is 5.78 Å². The SMILES string of the molecule is O=C(c1cc(Br)c(Br)s1)c1ccc(Br)cc1Br. The minimum absolute atomic E-state index is 0.0146. The Morgan fingerprint density at radius 3 is 2.24 bits per heavy atom.